The molecule has 1 saturated carbocycles. The molecule has 1 fully saturated rings. The highest BCUT2D eigenvalue weighted by Gasteiger charge is 2.46. The molecule has 5 rings (SSSR count). The Labute approximate surface area is 243 Å². The van der Waals surface area contributed by atoms with Gasteiger partial charge in [-0.15, -0.1) is 10.2 Å². The Morgan fingerprint density at radius 1 is 1.12 bits per heavy atom. The number of benzene rings is 2. The van der Waals surface area contributed by atoms with Crippen molar-refractivity contribution in [2.24, 2.45) is 0 Å². The lowest BCUT2D eigenvalue weighted by atomic mass is 9.88. The normalized spacial score (nSPS) is 15.8. The standard InChI is InChI=1S/C25H20Cl2F5N7O3/c26-14-6-4-13(5-7-14)21-36-38(23(42)37(21)10-18(40)25(30,31)32)11-19-33-12-39(35-19)20-16(2-1-3-17(20)27)22(41)34-15-8-24(28,29)9-15/h1-7,12,15,18,40H,8-11H2,(H,34,41). The number of halogens is 7. The van der Waals surface area contributed by atoms with Crippen LogP contribution in [-0.2, 0) is 13.1 Å². The molecule has 222 valence electrons. The van der Waals surface area contributed by atoms with Crippen LogP contribution in [0.2, 0.25) is 10.0 Å². The third-order valence-electron chi connectivity index (χ3n) is 6.47. The van der Waals surface area contributed by atoms with Crippen molar-refractivity contribution < 1.29 is 31.9 Å². The second kappa shape index (κ2) is 11.1. The maximum absolute atomic E-state index is 13.2. The van der Waals surface area contributed by atoms with Gasteiger partial charge in [0.1, 0.15) is 12.9 Å². The van der Waals surface area contributed by atoms with Gasteiger partial charge in [-0.1, -0.05) is 29.3 Å². The van der Waals surface area contributed by atoms with Crippen LogP contribution in [0, 0.1) is 0 Å². The van der Waals surface area contributed by atoms with Crippen molar-refractivity contribution in [2.45, 2.75) is 50.2 Å². The number of carbonyl (C=O) groups is 1. The van der Waals surface area contributed by atoms with Crippen molar-refractivity contribution in [3.8, 4) is 17.1 Å². The number of aliphatic hydroxyl groups is 1. The summed E-state index contributed by atoms with van der Waals surface area (Å²) in [5.74, 6) is -3.67. The molecule has 2 aromatic heterocycles. The third-order valence-corrected chi connectivity index (χ3v) is 7.03. The maximum Gasteiger partial charge on any atom is 0.416 e. The molecule has 2 aromatic carbocycles. The maximum atomic E-state index is 13.2. The Balaban J connectivity index is 1.44. The zero-order valence-corrected chi connectivity index (χ0v) is 22.7. The molecule has 0 bridgehead atoms. The largest absolute Gasteiger partial charge is 0.416 e. The summed E-state index contributed by atoms with van der Waals surface area (Å²) in [6, 6.07) is 9.50. The monoisotopic (exact) mass is 631 g/mol. The van der Waals surface area contributed by atoms with Crippen molar-refractivity contribution in [1.82, 2.24) is 34.4 Å². The molecule has 0 radical (unpaired) electrons. The average Bonchev–Trinajstić information content (AvgIpc) is 3.47. The van der Waals surface area contributed by atoms with Crippen molar-refractivity contribution in [2.75, 3.05) is 0 Å². The average molecular weight is 632 g/mol. The molecule has 0 saturated heterocycles. The molecule has 1 aliphatic rings. The number of amides is 1. The van der Waals surface area contributed by atoms with Crippen LogP contribution in [0.4, 0.5) is 22.0 Å². The minimum absolute atomic E-state index is 0.0225. The van der Waals surface area contributed by atoms with E-state index < -0.39 is 61.8 Å². The molecule has 4 aromatic rings. The predicted octanol–water partition coefficient (Wildman–Crippen LogP) is 4.10. The molecule has 1 aliphatic carbocycles. The van der Waals surface area contributed by atoms with Gasteiger partial charge in [-0.2, -0.15) is 13.2 Å². The number of hydrogen-bond acceptors (Lipinski definition) is 6. The van der Waals surface area contributed by atoms with Crippen molar-refractivity contribution in [3.05, 3.63) is 80.7 Å². The van der Waals surface area contributed by atoms with Gasteiger partial charge in [0.25, 0.3) is 11.8 Å². The fourth-order valence-electron chi connectivity index (χ4n) is 4.37. The van der Waals surface area contributed by atoms with Crippen LogP contribution in [0.1, 0.15) is 29.0 Å². The van der Waals surface area contributed by atoms with Gasteiger partial charge in [0.15, 0.2) is 17.8 Å². The number of nitrogens with zero attached hydrogens (tertiary/aromatic N) is 6. The number of aliphatic hydroxyl groups excluding tert-OH is 1. The second-order valence-electron chi connectivity index (χ2n) is 9.61. The van der Waals surface area contributed by atoms with Crippen molar-refractivity contribution >= 4 is 29.1 Å². The molecule has 0 aliphatic heterocycles. The summed E-state index contributed by atoms with van der Waals surface area (Å²) in [5.41, 5.74) is -0.593. The number of hydrogen-bond donors (Lipinski definition) is 2. The number of para-hydroxylation sites is 1. The quantitative estimate of drug-likeness (QED) is 0.283. The summed E-state index contributed by atoms with van der Waals surface area (Å²) in [6.45, 7) is -1.52. The summed E-state index contributed by atoms with van der Waals surface area (Å²) < 4.78 is 68.4. The van der Waals surface area contributed by atoms with Gasteiger partial charge in [-0.25, -0.2) is 27.9 Å². The molecular formula is C25H20Cl2F5N7O3. The van der Waals surface area contributed by atoms with E-state index in [1.165, 1.54) is 48.8 Å². The van der Waals surface area contributed by atoms with E-state index in [1.54, 1.807) is 0 Å². The van der Waals surface area contributed by atoms with E-state index in [2.05, 4.69) is 20.5 Å². The number of carbonyl (C=O) groups excluding carboxylic acids is 1. The Hall–Kier alpha value is -3.82. The summed E-state index contributed by atoms with van der Waals surface area (Å²) in [4.78, 5) is 30.1. The summed E-state index contributed by atoms with van der Waals surface area (Å²) >= 11 is 12.2. The van der Waals surface area contributed by atoms with Crippen LogP contribution in [0.5, 0.6) is 0 Å². The Morgan fingerprint density at radius 3 is 2.45 bits per heavy atom. The molecule has 17 heteroatoms. The highest BCUT2D eigenvalue weighted by Crippen LogP contribution is 2.37. The highest BCUT2D eigenvalue weighted by atomic mass is 35.5. The minimum atomic E-state index is -4.99. The zero-order chi connectivity index (χ0) is 30.4. The lowest BCUT2D eigenvalue weighted by Gasteiger charge is -2.35. The van der Waals surface area contributed by atoms with E-state index >= 15 is 0 Å². The fraction of sp³-hybridized carbons (Fsp3) is 0.320. The molecule has 2 heterocycles. The first kappa shape index (κ1) is 29.7. The van der Waals surface area contributed by atoms with Crippen LogP contribution in [0.3, 0.4) is 0 Å². The van der Waals surface area contributed by atoms with Gasteiger partial charge < -0.3 is 10.4 Å². The number of alkyl halides is 5. The summed E-state index contributed by atoms with van der Waals surface area (Å²) in [6.07, 6.45) is -7.60. The summed E-state index contributed by atoms with van der Waals surface area (Å²) in [7, 11) is 0. The van der Waals surface area contributed by atoms with E-state index in [0.717, 1.165) is 9.36 Å². The van der Waals surface area contributed by atoms with E-state index in [4.69, 9.17) is 23.2 Å². The second-order valence-corrected chi connectivity index (χ2v) is 10.5. The molecule has 0 spiro atoms. The number of aromatic nitrogens is 6. The Bertz CT molecular complexity index is 1680. The van der Waals surface area contributed by atoms with Crippen LogP contribution in [0.15, 0.2) is 53.6 Å². The molecule has 1 atom stereocenters. The smallest absolute Gasteiger partial charge is 0.382 e. The van der Waals surface area contributed by atoms with E-state index in [0.29, 0.717) is 9.59 Å². The lowest BCUT2D eigenvalue weighted by Crippen LogP contribution is -2.50. The molecular weight excluding hydrogens is 612 g/mol. The fourth-order valence-corrected chi connectivity index (χ4v) is 4.75. The SMILES string of the molecule is O=C(NC1CC(F)(F)C1)c1cccc(Cl)c1-n1cnc(Cn2nc(-c3ccc(Cl)cc3)n(CC(O)C(F)(F)F)c2=O)n1. The number of rotatable bonds is 8. The third kappa shape index (κ3) is 6.17. The van der Waals surface area contributed by atoms with Crippen LogP contribution < -0.4 is 11.0 Å². The topological polar surface area (TPSA) is 120 Å². The zero-order valence-electron chi connectivity index (χ0n) is 21.2. The van der Waals surface area contributed by atoms with Gasteiger partial charge in [0.2, 0.25) is 0 Å². The van der Waals surface area contributed by atoms with E-state index in [-0.39, 0.29) is 33.5 Å². The van der Waals surface area contributed by atoms with Crippen molar-refractivity contribution in [3.63, 3.8) is 0 Å². The first-order chi connectivity index (χ1) is 19.7. The van der Waals surface area contributed by atoms with E-state index in [9.17, 15) is 36.6 Å². The lowest BCUT2D eigenvalue weighted by molar-refractivity contribution is -0.207. The first-order valence-corrected chi connectivity index (χ1v) is 13.0. The Kier molecular flexibility index (Phi) is 7.85. The van der Waals surface area contributed by atoms with Crippen LogP contribution >= 0.6 is 23.2 Å². The van der Waals surface area contributed by atoms with Gasteiger partial charge in [-0.05, 0) is 36.4 Å². The molecule has 10 nitrogen and oxygen atoms in total. The van der Waals surface area contributed by atoms with Gasteiger partial charge in [0, 0.05) is 29.5 Å². The molecule has 42 heavy (non-hydrogen) atoms. The van der Waals surface area contributed by atoms with Gasteiger partial charge in [-0.3, -0.25) is 9.36 Å². The minimum Gasteiger partial charge on any atom is -0.382 e. The van der Waals surface area contributed by atoms with E-state index in [1.807, 2.05) is 0 Å². The highest BCUT2D eigenvalue weighted by molar-refractivity contribution is 6.33. The molecule has 2 N–H and O–H groups in total. The van der Waals surface area contributed by atoms with Crippen molar-refractivity contribution in [1.29, 1.82) is 0 Å². The summed E-state index contributed by atoms with van der Waals surface area (Å²) in [5, 5.41) is 21.0. The van der Waals surface area contributed by atoms with Crippen LogP contribution in [-0.4, -0.2) is 64.4 Å². The first-order valence-electron chi connectivity index (χ1n) is 12.3. The van der Waals surface area contributed by atoms with Gasteiger partial charge >= 0.3 is 11.9 Å². The molecule has 1 amide bonds. The Morgan fingerprint density at radius 2 is 1.81 bits per heavy atom. The van der Waals surface area contributed by atoms with Crippen LogP contribution in [0.25, 0.3) is 17.1 Å². The van der Waals surface area contributed by atoms with Gasteiger partial charge in [0.05, 0.1) is 22.8 Å². The number of nitrogens with one attached hydrogen (secondary N) is 1. The predicted molar refractivity (Wildman–Crippen MR) is 140 cm³/mol. The molecule has 1 unspecified atom stereocenters.